The van der Waals surface area contributed by atoms with E-state index in [-0.39, 0.29) is 49.4 Å². The van der Waals surface area contributed by atoms with Crippen molar-refractivity contribution in [3.63, 3.8) is 0 Å². The molecule has 37 heavy (non-hydrogen) atoms. The molecule has 2 bridgehead atoms. The number of rotatable bonds is 4. The van der Waals surface area contributed by atoms with Crippen molar-refractivity contribution in [1.82, 2.24) is 4.90 Å². The van der Waals surface area contributed by atoms with Gasteiger partial charge < -0.3 is 14.7 Å². The van der Waals surface area contributed by atoms with Crippen LogP contribution in [0.15, 0.2) is 60.7 Å². The van der Waals surface area contributed by atoms with E-state index in [1.54, 1.807) is 4.90 Å². The zero-order valence-electron chi connectivity index (χ0n) is 20.3. The van der Waals surface area contributed by atoms with Crippen molar-refractivity contribution in [2.45, 2.75) is 62.1 Å². The number of amides is 1. The molecule has 2 heterocycles. The fraction of sp³-hybridized carbons (Fsp3) is 0.367. The van der Waals surface area contributed by atoms with Gasteiger partial charge in [0.1, 0.15) is 6.61 Å². The van der Waals surface area contributed by atoms with E-state index in [9.17, 15) is 23.1 Å². The maximum atomic E-state index is 13.7. The molecule has 2 atom stereocenters. The molecule has 6 rings (SSSR count). The summed E-state index contributed by atoms with van der Waals surface area (Å²) in [4.78, 5) is 15.1. The lowest BCUT2D eigenvalue weighted by molar-refractivity contribution is -0.0840. The summed E-state index contributed by atoms with van der Waals surface area (Å²) < 4.78 is 46.8. The second kappa shape index (κ2) is 9.21. The van der Waals surface area contributed by atoms with Gasteiger partial charge in [0.05, 0.1) is 5.60 Å². The highest BCUT2D eigenvalue weighted by Crippen LogP contribution is 2.45. The van der Waals surface area contributed by atoms with Crippen LogP contribution in [0.2, 0.25) is 0 Å². The maximum absolute atomic E-state index is 13.7. The zero-order valence-corrected chi connectivity index (χ0v) is 20.3. The highest BCUT2D eigenvalue weighted by atomic mass is 19.2. The van der Waals surface area contributed by atoms with Gasteiger partial charge in [-0.25, -0.2) is 18.0 Å². The van der Waals surface area contributed by atoms with E-state index in [1.165, 1.54) is 0 Å². The lowest BCUT2D eigenvalue weighted by Gasteiger charge is -2.51. The molecule has 2 unspecified atom stereocenters. The average molecular weight is 508 g/mol. The molecular weight excluding hydrogens is 479 g/mol. The van der Waals surface area contributed by atoms with Gasteiger partial charge in [-0.05, 0) is 72.1 Å². The van der Waals surface area contributed by atoms with Gasteiger partial charge in [0.2, 0.25) is 0 Å². The Hall–Kier alpha value is -3.32. The number of benzene rings is 3. The van der Waals surface area contributed by atoms with E-state index < -0.39 is 29.1 Å². The summed E-state index contributed by atoms with van der Waals surface area (Å²) in [6.07, 6.45) is 2.51. The van der Waals surface area contributed by atoms with Crippen molar-refractivity contribution in [2.24, 2.45) is 0 Å². The molecule has 0 saturated carbocycles. The summed E-state index contributed by atoms with van der Waals surface area (Å²) in [5.74, 6) is -4.09. The lowest BCUT2D eigenvalue weighted by Crippen LogP contribution is -2.60. The van der Waals surface area contributed by atoms with Crippen molar-refractivity contribution in [3.8, 4) is 11.1 Å². The first-order chi connectivity index (χ1) is 17.8. The molecule has 3 aromatic carbocycles. The molecular formula is C30H28F3NO3. The number of hydrogen-bond acceptors (Lipinski definition) is 3. The van der Waals surface area contributed by atoms with Gasteiger partial charge in [-0.2, -0.15) is 0 Å². The van der Waals surface area contributed by atoms with Gasteiger partial charge >= 0.3 is 6.09 Å². The molecule has 1 N–H and O–H groups in total. The Morgan fingerprint density at radius 2 is 1.46 bits per heavy atom. The molecule has 4 nitrogen and oxygen atoms in total. The molecule has 0 aromatic heterocycles. The van der Waals surface area contributed by atoms with E-state index in [0.717, 1.165) is 53.6 Å². The topological polar surface area (TPSA) is 49.8 Å². The van der Waals surface area contributed by atoms with E-state index in [0.29, 0.717) is 0 Å². The van der Waals surface area contributed by atoms with Gasteiger partial charge in [-0.3, -0.25) is 0 Å². The number of fused-ring (bicyclic) bond motifs is 5. The Balaban J connectivity index is 1.17. The van der Waals surface area contributed by atoms with E-state index in [2.05, 4.69) is 24.3 Å². The maximum Gasteiger partial charge on any atom is 0.410 e. The van der Waals surface area contributed by atoms with Crippen LogP contribution >= 0.6 is 0 Å². The van der Waals surface area contributed by atoms with Crippen LogP contribution in [0, 0.1) is 17.5 Å². The Bertz CT molecular complexity index is 1280. The standard InChI is InChI=1S/C30H28F3NO3/c31-26-12-18(13-27(32)28(26)33)14-30(36)15-19-6-5-7-20(16-30)34(19)29(35)37-17-25-23-10-3-1-8-21(23)22-9-2-4-11-24(22)25/h1-4,8-13,19-20,25,36H,5-7,14-17H2. The molecule has 2 aliphatic heterocycles. The predicted octanol–water partition coefficient (Wildman–Crippen LogP) is 6.34. The molecule has 7 heteroatoms. The number of piperidine rings is 2. The Morgan fingerprint density at radius 1 is 0.919 bits per heavy atom. The Morgan fingerprint density at radius 3 is 2.03 bits per heavy atom. The second-order valence-electron chi connectivity index (χ2n) is 10.6. The molecule has 1 amide bonds. The molecule has 2 fully saturated rings. The number of ether oxygens (including phenoxy) is 1. The third-order valence-electron chi connectivity index (χ3n) is 8.22. The summed E-state index contributed by atoms with van der Waals surface area (Å²) in [5.41, 5.74) is 3.56. The molecule has 0 radical (unpaired) electrons. The third kappa shape index (κ3) is 4.29. The summed E-state index contributed by atoms with van der Waals surface area (Å²) in [6, 6.07) is 17.7. The Labute approximate surface area is 213 Å². The normalized spacial score (nSPS) is 24.5. The van der Waals surface area contributed by atoms with Crippen LogP contribution in [0.3, 0.4) is 0 Å². The van der Waals surface area contributed by atoms with Gasteiger partial charge in [0.25, 0.3) is 0 Å². The summed E-state index contributed by atoms with van der Waals surface area (Å²) in [7, 11) is 0. The van der Waals surface area contributed by atoms with Crippen LogP contribution in [0.1, 0.15) is 54.7 Å². The van der Waals surface area contributed by atoms with Crippen LogP contribution in [-0.4, -0.2) is 40.4 Å². The minimum Gasteiger partial charge on any atom is -0.448 e. The van der Waals surface area contributed by atoms with Crippen LogP contribution in [0.4, 0.5) is 18.0 Å². The molecule has 0 spiro atoms. The van der Waals surface area contributed by atoms with E-state index in [4.69, 9.17) is 4.74 Å². The molecule has 192 valence electrons. The minimum absolute atomic E-state index is 0.00729. The van der Waals surface area contributed by atoms with E-state index in [1.807, 2.05) is 24.3 Å². The first kappa shape index (κ1) is 24.0. The van der Waals surface area contributed by atoms with Crippen LogP contribution < -0.4 is 0 Å². The SMILES string of the molecule is O=C(OCC1c2ccccc2-c2ccccc21)N1C2CCCC1CC(O)(Cc1cc(F)c(F)c(F)c1)C2. The van der Waals surface area contributed by atoms with Crippen molar-refractivity contribution >= 4 is 6.09 Å². The number of hydrogen-bond donors (Lipinski definition) is 1. The van der Waals surface area contributed by atoms with Gasteiger partial charge in [-0.15, -0.1) is 0 Å². The highest BCUT2D eigenvalue weighted by molar-refractivity contribution is 5.79. The lowest BCUT2D eigenvalue weighted by atomic mass is 9.73. The van der Waals surface area contributed by atoms with Crippen LogP contribution in [0.25, 0.3) is 11.1 Å². The van der Waals surface area contributed by atoms with Crippen molar-refractivity contribution in [1.29, 1.82) is 0 Å². The summed E-state index contributed by atoms with van der Waals surface area (Å²) in [5, 5.41) is 11.4. The van der Waals surface area contributed by atoms with Crippen LogP contribution in [0.5, 0.6) is 0 Å². The fourth-order valence-electron chi connectivity index (χ4n) is 6.73. The number of carbonyl (C=O) groups is 1. The molecule has 3 aromatic rings. The predicted molar refractivity (Wildman–Crippen MR) is 133 cm³/mol. The first-order valence-electron chi connectivity index (χ1n) is 12.8. The number of aliphatic hydroxyl groups is 1. The quantitative estimate of drug-likeness (QED) is 0.419. The Kier molecular flexibility index (Phi) is 5.98. The fourth-order valence-corrected chi connectivity index (χ4v) is 6.73. The summed E-state index contributed by atoms with van der Waals surface area (Å²) >= 11 is 0. The monoisotopic (exact) mass is 507 g/mol. The second-order valence-corrected chi connectivity index (χ2v) is 10.6. The van der Waals surface area contributed by atoms with Crippen molar-refractivity contribution in [3.05, 3.63) is 94.8 Å². The molecule has 3 aliphatic rings. The number of carbonyl (C=O) groups excluding carboxylic acids is 1. The van der Waals surface area contributed by atoms with Crippen molar-refractivity contribution in [2.75, 3.05) is 6.61 Å². The zero-order chi connectivity index (χ0) is 25.7. The third-order valence-corrected chi connectivity index (χ3v) is 8.22. The largest absolute Gasteiger partial charge is 0.448 e. The minimum atomic E-state index is -1.52. The average Bonchev–Trinajstić information content (AvgIpc) is 3.19. The van der Waals surface area contributed by atoms with Crippen molar-refractivity contribution < 1.29 is 27.8 Å². The van der Waals surface area contributed by atoms with Crippen LogP contribution in [-0.2, 0) is 11.2 Å². The molecule has 2 saturated heterocycles. The smallest absolute Gasteiger partial charge is 0.410 e. The first-order valence-corrected chi connectivity index (χ1v) is 12.8. The molecule has 1 aliphatic carbocycles. The van der Waals surface area contributed by atoms with Gasteiger partial charge in [0.15, 0.2) is 17.5 Å². The summed E-state index contributed by atoms with van der Waals surface area (Å²) in [6.45, 7) is 0.223. The number of nitrogens with zero attached hydrogens (tertiary/aromatic N) is 1. The van der Waals surface area contributed by atoms with Gasteiger partial charge in [-0.1, -0.05) is 48.5 Å². The van der Waals surface area contributed by atoms with E-state index >= 15 is 0 Å². The number of halogens is 3. The van der Waals surface area contributed by atoms with Gasteiger partial charge in [0, 0.05) is 24.4 Å². The highest BCUT2D eigenvalue weighted by Gasteiger charge is 2.48.